The second kappa shape index (κ2) is 3.96. The first-order chi connectivity index (χ1) is 7.43. The van der Waals surface area contributed by atoms with Crippen LogP contribution < -0.4 is 0 Å². The van der Waals surface area contributed by atoms with E-state index >= 15 is 0 Å². The summed E-state index contributed by atoms with van der Waals surface area (Å²) in [5.41, 5.74) is -1.79. The number of amides is 1. The molecule has 0 aromatic carbocycles. The zero-order valence-electron chi connectivity index (χ0n) is 9.79. The lowest BCUT2D eigenvalue weighted by Gasteiger charge is -2.38. The smallest absolute Gasteiger partial charge is 0.259 e. The van der Waals surface area contributed by atoms with Crippen molar-refractivity contribution in [2.45, 2.75) is 38.1 Å². The van der Waals surface area contributed by atoms with Crippen LogP contribution >= 0.6 is 0 Å². The molecule has 92 valence electrons. The lowest BCUT2D eigenvalue weighted by Crippen LogP contribution is -2.51. The van der Waals surface area contributed by atoms with Crippen molar-refractivity contribution in [3.05, 3.63) is 0 Å². The zero-order chi connectivity index (χ0) is 11.8. The van der Waals surface area contributed by atoms with Crippen molar-refractivity contribution in [2.24, 2.45) is 0 Å². The Morgan fingerprint density at radius 2 is 1.75 bits per heavy atom. The van der Waals surface area contributed by atoms with Gasteiger partial charge in [-0.2, -0.15) is 0 Å². The topological polar surface area (TPSA) is 38.8 Å². The predicted molar refractivity (Wildman–Crippen MR) is 55.6 cm³/mol. The van der Waals surface area contributed by atoms with E-state index in [-0.39, 0.29) is 0 Å². The molecule has 0 atom stereocenters. The van der Waals surface area contributed by atoms with Crippen LogP contribution in [0.5, 0.6) is 0 Å². The molecule has 0 radical (unpaired) electrons. The highest BCUT2D eigenvalue weighted by Crippen LogP contribution is 2.32. The average Bonchev–Trinajstić information content (AvgIpc) is 2.66. The van der Waals surface area contributed by atoms with Gasteiger partial charge in [-0.25, -0.2) is 4.39 Å². The number of piperidine rings is 1. The van der Waals surface area contributed by atoms with Gasteiger partial charge in [0.1, 0.15) is 0 Å². The Bertz CT molecular complexity index is 271. The molecule has 0 aromatic heterocycles. The fourth-order valence-corrected chi connectivity index (χ4v) is 2.21. The standard InChI is InChI=1S/C11H18FNO3/c1-10(2,12)9(14)13-5-3-11(4-6-13)15-7-8-16-11/h3-8H2,1-2H3. The molecule has 0 aliphatic carbocycles. The molecule has 16 heavy (non-hydrogen) atoms. The van der Waals surface area contributed by atoms with Crippen molar-refractivity contribution in [3.8, 4) is 0 Å². The van der Waals surface area contributed by atoms with Crippen LogP contribution in [0.2, 0.25) is 0 Å². The minimum Gasteiger partial charge on any atom is -0.347 e. The van der Waals surface area contributed by atoms with E-state index in [0.717, 1.165) is 0 Å². The summed E-state index contributed by atoms with van der Waals surface area (Å²) in [5.74, 6) is -0.947. The Morgan fingerprint density at radius 1 is 1.25 bits per heavy atom. The van der Waals surface area contributed by atoms with Crippen LogP contribution in [0, 0.1) is 0 Å². The SMILES string of the molecule is CC(C)(F)C(=O)N1CCC2(CC1)OCCO2. The molecule has 0 aromatic rings. The van der Waals surface area contributed by atoms with E-state index in [4.69, 9.17) is 9.47 Å². The Hall–Kier alpha value is -0.680. The second-order valence-electron chi connectivity index (χ2n) is 4.87. The molecule has 2 fully saturated rings. The quantitative estimate of drug-likeness (QED) is 0.678. The van der Waals surface area contributed by atoms with Gasteiger partial charge in [-0.1, -0.05) is 0 Å². The van der Waals surface area contributed by atoms with Crippen LogP contribution in [0.1, 0.15) is 26.7 Å². The van der Waals surface area contributed by atoms with E-state index in [1.165, 1.54) is 13.8 Å². The molecule has 1 spiro atoms. The largest absolute Gasteiger partial charge is 0.347 e. The van der Waals surface area contributed by atoms with Gasteiger partial charge in [-0.15, -0.1) is 0 Å². The van der Waals surface area contributed by atoms with Crippen LogP contribution in [-0.2, 0) is 14.3 Å². The number of ether oxygens (including phenoxy) is 2. The van der Waals surface area contributed by atoms with Crippen LogP contribution in [-0.4, -0.2) is 48.6 Å². The normalized spacial score (nSPS) is 25.1. The highest BCUT2D eigenvalue weighted by molar-refractivity contribution is 5.84. The third kappa shape index (κ3) is 2.20. The Labute approximate surface area is 94.7 Å². The first kappa shape index (κ1) is 11.8. The Balaban J connectivity index is 1.92. The van der Waals surface area contributed by atoms with Gasteiger partial charge in [-0.3, -0.25) is 4.79 Å². The van der Waals surface area contributed by atoms with Gasteiger partial charge in [0.25, 0.3) is 5.91 Å². The fourth-order valence-electron chi connectivity index (χ4n) is 2.21. The summed E-state index contributed by atoms with van der Waals surface area (Å²) in [6.07, 6.45) is 1.27. The van der Waals surface area contributed by atoms with Gasteiger partial charge in [-0.05, 0) is 13.8 Å². The maximum atomic E-state index is 13.5. The molecule has 0 N–H and O–H groups in total. The first-order valence-corrected chi connectivity index (χ1v) is 5.69. The molecule has 2 heterocycles. The molecular weight excluding hydrogens is 213 g/mol. The zero-order valence-corrected chi connectivity index (χ0v) is 9.79. The molecule has 0 bridgehead atoms. The van der Waals surface area contributed by atoms with E-state index in [1.807, 2.05) is 0 Å². The van der Waals surface area contributed by atoms with Crippen molar-refractivity contribution in [2.75, 3.05) is 26.3 Å². The summed E-state index contributed by atoms with van der Waals surface area (Å²) < 4.78 is 24.6. The molecule has 4 nitrogen and oxygen atoms in total. The Kier molecular flexibility index (Phi) is 2.92. The van der Waals surface area contributed by atoms with Gasteiger partial charge < -0.3 is 14.4 Å². The summed E-state index contributed by atoms with van der Waals surface area (Å²) in [5, 5.41) is 0. The highest BCUT2D eigenvalue weighted by atomic mass is 19.1. The number of halogens is 1. The number of carbonyl (C=O) groups is 1. The van der Waals surface area contributed by atoms with Crippen molar-refractivity contribution in [1.29, 1.82) is 0 Å². The van der Waals surface area contributed by atoms with Crippen LogP contribution in [0.3, 0.4) is 0 Å². The van der Waals surface area contributed by atoms with E-state index < -0.39 is 17.4 Å². The molecule has 2 aliphatic rings. The summed E-state index contributed by atoms with van der Waals surface area (Å²) in [7, 11) is 0. The molecule has 2 saturated heterocycles. The van der Waals surface area contributed by atoms with Gasteiger partial charge in [0.05, 0.1) is 13.2 Å². The number of likely N-dealkylation sites (tertiary alicyclic amines) is 1. The lowest BCUT2D eigenvalue weighted by atomic mass is 10.0. The third-order valence-corrected chi connectivity index (χ3v) is 3.13. The van der Waals surface area contributed by atoms with Gasteiger partial charge >= 0.3 is 0 Å². The Morgan fingerprint density at radius 3 is 2.19 bits per heavy atom. The van der Waals surface area contributed by atoms with Crippen LogP contribution in [0.25, 0.3) is 0 Å². The van der Waals surface area contributed by atoms with Gasteiger partial charge in [0.15, 0.2) is 11.5 Å². The molecule has 0 unspecified atom stereocenters. The van der Waals surface area contributed by atoms with E-state index in [2.05, 4.69) is 0 Å². The summed E-state index contributed by atoms with van der Waals surface area (Å²) >= 11 is 0. The molecule has 2 aliphatic heterocycles. The number of hydrogen-bond donors (Lipinski definition) is 0. The number of hydrogen-bond acceptors (Lipinski definition) is 3. The lowest BCUT2D eigenvalue weighted by molar-refractivity contribution is -0.189. The summed E-state index contributed by atoms with van der Waals surface area (Å²) in [4.78, 5) is 13.2. The third-order valence-electron chi connectivity index (χ3n) is 3.13. The number of nitrogens with zero attached hydrogens (tertiary/aromatic N) is 1. The second-order valence-corrected chi connectivity index (χ2v) is 4.87. The average molecular weight is 231 g/mol. The van der Waals surface area contributed by atoms with Crippen molar-refractivity contribution >= 4 is 5.91 Å². The molecule has 1 amide bonds. The molecule has 2 rings (SSSR count). The highest BCUT2D eigenvalue weighted by Gasteiger charge is 2.43. The predicted octanol–water partition coefficient (Wildman–Crippen LogP) is 1.10. The number of carbonyl (C=O) groups excluding carboxylic acids is 1. The van der Waals surface area contributed by atoms with Gasteiger partial charge in [0.2, 0.25) is 0 Å². The fraction of sp³-hybridized carbons (Fsp3) is 0.909. The summed E-state index contributed by atoms with van der Waals surface area (Å²) in [6.45, 7) is 4.83. The minimum absolute atomic E-state index is 0.444. The van der Waals surface area contributed by atoms with Crippen molar-refractivity contribution in [1.82, 2.24) is 4.90 Å². The van der Waals surface area contributed by atoms with E-state index in [1.54, 1.807) is 4.90 Å². The number of alkyl halides is 1. The maximum Gasteiger partial charge on any atom is 0.259 e. The van der Waals surface area contributed by atoms with Crippen molar-refractivity contribution < 1.29 is 18.7 Å². The number of rotatable bonds is 1. The summed E-state index contributed by atoms with van der Waals surface area (Å²) in [6, 6.07) is 0. The monoisotopic (exact) mass is 231 g/mol. The van der Waals surface area contributed by atoms with E-state index in [9.17, 15) is 9.18 Å². The molecule has 0 saturated carbocycles. The van der Waals surface area contributed by atoms with Crippen LogP contribution in [0.15, 0.2) is 0 Å². The minimum atomic E-state index is -1.79. The van der Waals surface area contributed by atoms with E-state index in [0.29, 0.717) is 39.1 Å². The van der Waals surface area contributed by atoms with Gasteiger partial charge in [0, 0.05) is 25.9 Å². The molecular formula is C11H18FNO3. The maximum absolute atomic E-state index is 13.5. The molecule has 5 heteroatoms. The van der Waals surface area contributed by atoms with Crippen LogP contribution in [0.4, 0.5) is 4.39 Å². The van der Waals surface area contributed by atoms with Crippen molar-refractivity contribution in [3.63, 3.8) is 0 Å². The first-order valence-electron chi connectivity index (χ1n) is 5.69.